The number of hydrogen-bond acceptors (Lipinski definition) is 3. The lowest BCUT2D eigenvalue weighted by molar-refractivity contribution is -0.141. The number of hydrogen-bond donors (Lipinski definition) is 0. The van der Waals surface area contributed by atoms with Crippen LogP contribution in [-0.2, 0) is 31.6 Å². The molecule has 0 heterocycles. The molecule has 0 amide bonds. The van der Waals surface area contributed by atoms with Gasteiger partial charge in [0, 0.05) is 20.0 Å². The number of benzene rings is 1. The molecule has 0 spiro atoms. The highest BCUT2D eigenvalue weighted by atomic mass is 32.2. The maximum Gasteiger partial charge on any atom is 0.356 e. The SMILES string of the molecule is COC(C)CCOC(=O)C[S+](C)CCc1ccccc1. The summed E-state index contributed by atoms with van der Waals surface area (Å²) in [6, 6.07) is 10.4. The molecule has 0 fully saturated rings. The zero-order chi connectivity index (χ0) is 14.8. The molecule has 0 aliphatic carbocycles. The highest BCUT2D eigenvalue weighted by Gasteiger charge is 2.18. The van der Waals surface area contributed by atoms with Crippen LogP contribution >= 0.6 is 0 Å². The van der Waals surface area contributed by atoms with Crippen LogP contribution < -0.4 is 0 Å². The van der Waals surface area contributed by atoms with Crippen LogP contribution in [-0.4, -0.2) is 43.6 Å². The molecule has 0 aromatic heterocycles. The van der Waals surface area contributed by atoms with Gasteiger partial charge in [0.2, 0.25) is 5.75 Å². The van der Waals surface area contributed by atoms with Crippen LogP contribution in [0.4, 0.5) is 0 Å². The molecule has 4 heteroatoms. The molecule has 1 aromatic carbocycles. The highest BCUT2D eigenvalue weighted by molar-refractivity contribution is 7.96. The predicted octanol–water partition coefficient (Wildman–Crippen LogP) is 2.45. The van der Waals surface area contributed by atoms with E-state index in [1.54, 1.807) is 7.11 Å². The Morgan fingerprint density at radius 2 is 2.00 bits per heavy atom. The molecular weight excluding hydrogens is 272 g/mol. The van der Waals surface area contributed by atoms with Crippen molar-refractivity contribution in [3.8, 4) is 0 Å². The third-order valence-corrected chi connectivity index (χ3v) is 4.77. The second kappa shape index (κ2) is 9.83. The van der Waals surface area contributed by atoms with Gasteiger partial charge in [-0.3, -0.25) is 0 Å². The summed E-state index contributed by atoms with van der Waals surface area (Å²) < 4.78 is 10.3. The summed E-state index contributed by atoms with van der Waals surface area (Å²) in [5.41, 5.74) is 1.33. The van der Waals surface area contributed by atoms with Crippen LogP contribution in [0.25, 0.3) is 0 Å². The van der Waals surface area contributed by atoms with Gasteiger partial charge in [0.25, 0.3) is 0 Å². The topological polar surface area (TPSA) is 35.5 Å². The van der Waals surface area contributed by atoms with Crippen LogP contribution in [0.15, 0.2) is 30.3 Å². The summed E-state index contributed by atoms with van der Waals surface area (Å²) in [5, 5.41) is 0. The van der Waals surface area contributed by atoms with Gasteiger partial charge in [-0.05, 0) is 23.4 Å². The lowest BCUT2D eigenvalue weighted by Gasteiger charge is -2.09. The Labute approximate surface area is 125 Å². The van der Waals surface area contributed by atoms with Crippen molar-refractivity contribution < 1.29 is 14.3 Å². The van der Waals surface area contributed by atoms with Crippen molar-refractivity contribution in [2.24, 2.45) is 0 Å². The summed E-state index contributed by atoms with van der Waals surface area (Å²) in [6.45, 7) is 2.42. The van der Waals surface area contributed by atoms with Crippen molar-refractivity contribution in [2.45, 2.75) is 25.9 Å². The zero-order valence-electron chi connectivity index (χ0n) is 12.6. The van der Waals surface area contributed by atoms with Gasteiger partial charge in [-0.15, -0.1) is 0 Å². The monoisotopic (exact) mass is 297 g/mol. The van der Waals surface area contributed by atoms with E-state index in [-0.39, 0.29) is 23.0 Å². The molecule has 0 saturated carbocycles. The normalized spacial score (nSPS) is 13.8. The summed E-state index contributed by atoms with van der Waals surface area (Å²) >= 11 is 0. The van der Waals surface area contributed by atoms with Crippen molar-refractivity contribution in [3.63, 3.8) is 0 Å². The van der Waals surface area contributed by atoms with E-state index in [1.807, 2.05) is 25.1 Å². The molecule has 1 aromatic rings. The van der Waals surface area contributed by atoms with E-state index < -0.39 is 0 Å². The summed E-state index contributed by atoms with van der Waals surface area (Å²) in [5.74, 6) is 1.47. The number of rotatable bonds is 9. The lowest BCUT2D eigenvalue weighted by Crippen LogP contribution is -2.22. The summed E-state index contributed by atoms with van der Waals surface area (Å²) in [4.78, 5) is 11.7. The van der Waals surface area contributed by atoms with E-state index in [4.69, 9.17) is 9.47 Å². The molecule has 2 unspecified atom stereocenters. The molecule has 2 atom stereocenters. The van der Waals surface area contributed by atoms with E-state index in [0.29, 0.717) is 12.4 Å². The largest absolute Gasteiger partial charge is 0.462 e. The Morgan fingerprint density at radius 1 is 1.30 bits per heavy atom. The van der Waals surface area contributed by atoms with Gasteiger partial charge in [-0.1, -0.05) is 30.3 Å². The molecule has 112 valence electrons. The first-order valence-electron chi connectivity index (χ1n) is 6.93. The van der Waals surface area contributed by atoms with Gasteiger partial charge in [0.05, 0.1) is 19.0 Å². The Hall–Kier alpha value is -1.00. The second-order valence-electron chi connectivity index (χ2n) is 4.92. The highest BCUT2D eigenvalue weighted by Crippen LogP contribution is 2.04. The maximum atomic E-state index is 11.7. The Morgan fingerprint density at radius 3 is 2.65 bits per heavy atom. The molecule has 0 aliphatic heterocycles. The average Bonchev–Trinajstić information content (AvgIpc) is 2.46. The number of carbonyl (C=O) groups is 1. The fourth-order valence-corrected chi connectivity index (χ4v) is 2.92. The molecule has 0 saturated heterocycles. The maximum absolute atomic E-state index is 11.7. The molecular formula is C16H25O3S+. The number of aryl methyl sites for hydroxylation is 1. The van der Waals surface area contributed by atoms with Gasteiger partial charge < -0.3 is 9.47 Å². The number of ether oxygens (including phenoxy) is 2. The molecule has 0 radical (unpaired) electrons. The molecule has 20 heavy (non-hydrogen) atoms. The van der Waals surface area contributed by atoms with E-state index in [0.717, 1.165) is 18.6 Å². The van der Waals surface area contributed by atoms with Gasteiger partial charge in [0.15, 0.2) is 0 Å². The number of carbonyl (C=O) groups excluding carboxylic acids is 1. The first-order valence-corrected chi connectivity index (χ1v) is 8.90. The first kappa shape index (κ1) is 17.1. The zero-order valence-corrected chi connectivity index (χ0v) is 13.4. The van der Waals surface area contributed by atoms with E-state index in [9.17, 15) is 4.79 Å². The number of esters is 1. The van der Waals surface area contributed by atoms with Crippen LogP contribution in [0, 0.1) is 0 Å². The minimum atomic E-state index is -0.0906. The van der Waals surface area contributed by atoms with Gasteiger partial charge in [-0.2, -0.15) is 0 Å². The van der Waals surface area contributed by atoms with Crippen molar-refractivity contribution in [1.82, 2.24) is 0 Å². The van der Waals surface area contributed by atoms with Crippen molar-refractivity contribution >= 4 is 16.9 Å². The minimum absolute atomic E-state index is 0.0776. The standard InChI is InChI=1S/C16H25O3S/c1-14(18-2)9-11-19-16(17)13-20(3)12-10-15-7-5-4-6-8-15/h4-8,14H,9-13H2,1-3H3/q+1. The smallest absolute Gasteiger partial charge is 0.356 e. The molecule has 0 N–H and O–H groups in total. The third kappa shape index (κ3) is 7.56. The van der Waals surface area contributed by atoms with Gasteiger partial charge in [0.1, 0.15) is 5.75 Å². The quantitative estimate of drug-likeness (QED) is 0.519. The third-order valence-electron chi connectivity index (χ3n) is 3.14. The van der Waals surface area contributed by atoms with Crippen molar-refractivity contribution in [1.29, 1.82) is 0 Å². The fraction of sp³-hybridized carbons (Fsp3) is 0.562. The van der Waals surface area contributed by atoms with E-state index >= 15 is 0 Å². The van der Waals surface area contributed by atoms with Crippen LogP contribution in [0.5, 0.6) is 0 Å². The molecule has 0 bridgehead atoms. The van der Waals surface area contributed by atoms with E-state index in [1.165, 1.54) is 5.56 Å². The predicted molar refractivity (Wildman–Crippen MR) is 85.2 cm³/mol. The first-order chi connectivity index (χ1) is 9.61. The second-order valence-corrected chi connectivity index (χ2v) is 7.18. The minimum Gasteiger partial charge on any atom is -0.462 e. The Balaban J connectivity index is 2.15. The van der Waals surface area contributed by atoms with E-state index in [2.05, 4.69) is 18.4 Å². The summed E-state index contributed by atoms with van der Waals surface area (Å²) in [7, 11) is 1.74. The fourth-order valence-electron chi connectivity index (χ4n) is 1.71. The van der Waals surface area contributed by atoms with Gasteiger partial charge in [-0.25, -0.2) is 4.79 Å². The summed E-state index contributed by atoms with van der Waals surface area (Å²) in [6.07, 6.45) is 4.04. The molecule has 3 nitrogen and oxygen atoms in total. The Kier molecular flexibility index (Phi) is 8.38. The van der Waals surface area contributed by atoms with Crippen molar-refractivity contribution in [2.75, 3.05) is 31.5 Å². The van der Waals surface area contributed by atoms with Crippen LogP contribution in [0.1, 0.15) is 18.9 Å². The van der Waals surface area contributed by atoms with Crippen molar-refractivity contribution in [3.05, 3.63) is 35.9 Å². The Bertz CT molecular complexity index is 381. The molecule has 0 aliphatic rings. The lowest BCUT2D eigenvalue weighted by atomic mass is 10.2. The van der Waals surface area contributed by atoms with Gasteiger partial charge >= 0.3 is 5.97 Å². The molecule has 1 rings (SSSR count). The number of methoxy groups -OCH3 is 1. The van der Waals surface area contributed by atoms with Crippen LogP contribution in [0.2, 0.25) is 0 Å². The average molecular weight is 297 g/mol. The van der Waals surface area contributed by atoms with Crippen LogP contribution in [0.3, 0.4) is 0 Å².